The van der Waals surface area contributed by atoms with Crippen molar-refractivity contribution in [2.75, 3.05) is 0 Å². The van der Waals surface area contributed by atoms with E-state index in [0.29, 0.717) is 12.1 Å². The number of aromatic nitrogens is 1. The summed E-state index contributed by atoms with van der Waals surface area (Å²) in [7, 11) is 0. The van der Waals surface area contributed by atoms with Crippen LogP contribution in [0.3, 0.4) is 0 Å². The number of fused-ring (bicyclic) bond motifs is 1. The first-order chi connectivity index (χ1) is 14.6. The van der Waals surface area contributed by atoms with Crippen LogP contribution in [0.2, 0.25) is 0 Å². The van der Waals surface area contributed by atoms with Crippen molar-refractivity contribution in [2.24, 2.45) is 0 Å². The molecule has 0 amide bonds. The number of hydrogen-bond acceptors (Lipinski definition) is 3. The number of alkyl halides is 2. The molecule has 3 nitrogen and oxygen atoms in total. The summed E-state index contributed by atoms with van der Waals surface area (Å²) < 4.78 is 30.4. The highest BCUT2D eigenvalue weighted by molar-refractivity contribution is 5.86. The van der Waals surface area contributed by atoms with Gasteiger partial charge in [0.1, 0.15) is 5.75 Å². The number of ether oxygens (including phenoxy) is 1. The van der Waals surface area contributed by atoms with E-state index < -0.39 is 6.61 Å². The molecule has 30 heavy (non-hydrogen) atoms. The molecule has 1 aromatic heterocycles. The minimum atomic E-state index is -2.88. The van der Waals surface area contributed by atoms with Gasteiger partial charge in [-0.1, -0.05) is 54.6 Å². The molecule has 1 atom stereocenters. The number of nitrogens with zero attached hydrogens (tertiary/aromatic N) is 1. The average Bonchev–Trinajstić information content (AvgIpc) is 2.78. The van der Waals surface area contributed by atoms with E-state index in [1.165, 1.54) is 16.3 Å². The summed E-state index contributed by atoms with van der Waals surface area (Å²) in [5, 5.41) is 5.97. The summed E-state index contributed by atoms with van der Waals surface area (Å²) in [6.07, 6.45) is 3.29. The van der Waals surface area contributed by atoms with Crippen molar-refractivity contribution >= 4 is 10.8 Å². The maximum Gasteiger partial charge on any atom is 0.387 e. The van der Waals surface area contributed by atoms with E-state index in [1.54, 1.807) is 30.6 Å². The number of rotatable bonds is 7. The van der Waals surface area contributed by atoms with Crippen LogP contribution in [-0.4, -0.2) is 11.6 Å². The lowest BCUT2D eigenvalue weighted by molar-refractivity contribution is -0.0494. The van der Waals surface area contributed by atoms with Gasteiger partial charge in [-0.05, 0) is 47.0 Å². The Morgan fingerprint density at radius 2 is 1.80 bits per heavy atom. The predicted octanol–water partition coefficient (Wildman–Crippen LogP) is 6.35. The third kappa shape index (κ3) is 4.47. The lowest BCUT2D eigenvalue weighted by atomic mass is 9.99. The highest BCUT2D eigenvalue weighted by Crippen LogP contribution is 2.32. The first-order valence-corrected chi connectivity index (χ1v) is 9.81. The second kappa shape index (κ2) is 9.01. The molecule has 0 aliphatic carbocycles. The van der Waals surface area contributed by atoms with Gasteiger partial charge in [-0.15, -0.1) is 0 Å². The maximum absolute atomic E-state index is 12.8. The van der Waals surface area contributed by atoms with Crippen LogP contribution in [0.15, 0.2) is 85.2 Å². The third-order valence-electron chi connectivity index (χ3n) is 5.13. The number of halogens is 2. The molecule has 5 heteroatoms. The van der Waals surface area contributed by atoms with E-state index in [4.69, 9.17) is 4.74 Å². The van der Waals surface area contributed by atoms with Crippen LogP contribution in [-0.2, 0) is 6.54 Å². The van der Waals surface area contributed by atoms with Crippen LogP contribution in [0.5, 0.6) is 5.75 Å². The molecule has 0 aliphatic rings. The van der Waals surface area contributed by atoms with Gasteiger partial charge in [-0.2, -0.15) is 8.78 Å². The van der Waals surface area contributed by atoms with Gasteiger partial charge < -0.3 is 10.1 Å². The number of hydrogen-bond donors (Lipinski definition) is 1. The van der Waals surface area contributed by atoms with Crippen molar-refractivity contribution in [1.82, 2.24) is 10.3 Å². The molecule has 0 bridgehead atoms. The molecule has 0 saturated carbocycles. The summed E-state index contributed by atoms with van der Waals surface area (Å²) in [6.45, 7) is -0.166. The molecular weight excluding hydrogens is 382 g/mol. The zero-order valence-corrected chi connectivity index (χ0v) is 16.6. The van der Waals surface area contributed by atoms with E-state index in [9.17, 15) is 8.78 Å². The van der Waals surface area contributed by atoms with Gasteiger partial charge in [-0.3, -0.25) is 4.98 Å². The fourth-order valence-corrected chi connectivity index (χ4v) is 3.64. The van der Waals surface area contributed by atoms with Crippen LogP contribution in [0.1, 0.15) is 24.1 Å². The van der Waals surface area contributed by atoms with Crippen molar-refractivity contribution in [2.45, 2.75) is 26.1 Å². The van der Waals surface area contributed by atoms with Gasteiger partial charge in [0.05, 0.1) is 0 Å². The second-order valence-corrected chi connectivity index (χ2v) is 7.12. The predicted molar refractivity (Wildman–Crippen MR) is 116 cm³/mol. The first-order valence-electron chi connectivity index (χ1n) is 9.81. The molecule has 1 N–H and O–H groups in total. The molecule has 0 spiro atoms. The van der Waals surface area contributed by atoms with Crippen LogP contribution in [0.25, 0.3) is 21.9 Å². The summed E-state index contributed by atoms with van der Waals surface area (Å²) in [6, 6.07) is 23.6. The SMILES string of the molecule is CC(NCc1ccc(OC(F)F)c(-c2cccnc2)c1)c1cccc2ccccc12. The molecule has 4 rings (SSSR count). The fourth-order valence-electron chi connectivity index (χ4n) is 3.64. The van der Waals surface area contributed by atoms with Crippen molar-refractivity contribution < 1.29 is 13.5 Å². The smallest absolute Gasteiger partial charge is 0.387 e. The number of nitrogens with one attached hydrogen (secondary N) is 1. The topological polar surface area (TPSA) is 34.1 Å². The molecule has 0 fully saturated rings. The highest BCUT2D eigenvalue weighted by atomic mass is 19.3. The van der Waals surface area contributed by atoms with Crippen molar-refractivity contribution in [3.63, 3.8) is 0 Å². The third-order valence-corrected chi connectivity index (χ3v) is 5.13. The van der Waals surface area contributed by atoms with Gasteiger partial charge in [0.2, 0.25) is 0 Å². The molecule has 152 valence electrons. The summed E-state index contributed by atoms with van der Waals surface area (Å²) in [4.78, 5) is 4.10. The Hall–Kier alpha value is -3.31. The molecule has 0 radical (unpaired) electrons. The van der Waals surface area contributed by atoms with Crippen LogP contribution >= 0.6 is 0 Å². The normalized spacial score (nSPS) is 12.3. The Balaban J connectivity index is 1.57. The lowest BCUT2D eigenvalue weighted by Gasteiger charge is -2.18. The fraction of sp³-hybridized carbons (Fsp3) is 0.160. The van der Waals surface area contributed by atoms with E-state index in [-0.39, 0.29) is 11.8 Å². The molecule has 3 aromatic carbocycles. The van der Waals surface area contributed by atoms with Gasteiger partial charge in [0.25, 0.3) is 0 Å². The van der Waals surface area contributed by atoms with Gasteiger partial charge in [-0.25, -0.2) is 0 Å². The molecule has 1 unspecified atom stereocenters. The van der Waals surface area contributed by atoms with Crippen LogP contribution < -0.4 is 10.1 Å². The van der Waals surface area contributed by atoms with Crippen molar-refractivity contribution in [3.8, 4) is 16.9 Å². The summed E-state index contributed by atoms with van der Waals surface area (Å²) >= 11 is 0. The minimum absolute atomic E-state index is 0.120. The van der Waals surface area contributed by atoms with E-state index in [1.807, 2.05) is 24.3 Å². The van der Waals surface area contributed by atoms with Crippen molar-refractivity contribution in [1.29, 1.82) is 0 Å². The monoisotopic (exact) mass is 404 g/mol. The molecular formula is C25H22F2N2O. The van der Waals surface area contributed by atoms with Gasteiger partial charge in [0.15, 0.2) is 0 Å². The van der Waals surface area contributed by atoms with Gasteiger partial charge >= 0.3 is 6.61 Å². The van der Waals surface area contributed by atoms with Gasteiger partial charge in [0, 0.05) is 36.1 Å². The Labute approximate surface area is 174 Å². The largest absolute Gasteiger partial charge is 0.434 e. The van der Waals surface area contributed by atoms with Crippen LogP contribution in [0.4, 0.5) is 8.78 Å². The molecule has 0 aliphatic heterocycles. The van der Waals surface area contributed by atoms with E-state index in [2.05, 4.69) is 47.6 Å². The maximum atomic E-state index is 12.8. The Morgan fingerprint density at radius 1 is 0.967 bits per heavy atom. The summed E-state index contributed by atoms with van der Waals surface area (Å²) in [5.74, 6) is 0.142. The summed E-state index contributed by atoms with van der Waals surface area (Å²) in [5.41, 5.74) is 3.53. The Morgan fingerprint density at radius 3 is 2.60 bits per heavy atom. The molecule has 0 saturated heterocycles. The standard InChI is InChI=1S/C25H22F2N2O/c1-17(21-10-4-7-19-6-2-3-9-22(19)21)29-15-18-11-12-24(30-25(26)27)23(14-18)20-8-5-13-28-16-20/h2-14,16-17,25,29H,15H2,1H3. The Kier molecular flexibility index (Phi) is 6.00. The molecule has 1 heterocycles. The highest BCUT2D eigenvalue weighted by Gasteiger charge is 2.14. The second-order valence-electron chi connectivity index (χ2n) is 7.12. The number of benzene rings is 3. The average molecular weight is 404 g/mol. The zero-order valence-electron chi connectivity index (χ0n) is 16.6. The number of pyridine rings is 1. The zero-order chi connectivity index (χ0) is 20.9. The first kappa shape index (κ1) is 20.0. The van der Waals surface area contributed by atoms with Crippen molar-refractivity contribution in [3.05, 3.63) is 96.3 Å². The lowest BCUT2D eigenvalue weighted by Crippen LogP contribution is -2.18. The molecule has 4 aromatic rings. The van der Waals surface area contributed by atoms with E-state index >= 15 is 0 Å². The Bertz CT molecular complexity index is 1130. The van der Waals surface area contributed by atoms with Crippen LogP contribution in [0, 0.1) is 0 Å². The minimum Gasteiger partial charge on any atom is -0.434 e. The van der Waals surface area contributed by atoms with E-state index in [0.717, 1.165) is 11.1 Å². The quantitative estimate of drug-likeness (QED) is 0.389.